The minimum Gasteiger partial charge on any atom is -0.135 e. The summed E-state index contributed by atoms with van der Waals surface area (Å²) in [5.41, 5.74) is 0. The third-order valence-electron chi connectivity index (χ3n) is 5.66. The van der Waals surface area contributed by atoms with Crippen LogP contribution in [0.5, 0.6) is 0 Å². The molecule has 5 aromatic rings. The van der Waals surface area contributed by atoms with E-state index in [4.69, 9.17) is 0 Å². The molecule has 0 N–H and O–H groups in total. The molecule has 27 heavy (non-hydrogen) atoms. The molecule has 0 aliphatic carbocycles. The van der Waals surface area contributed by atoms with Gasteiger partial charge < -0.3 is 0 Å². The topological polar surface area (TPSA) is 0 Å². The van der Waals surface area contributed by atoms with E-state index in [1.807, 2.05) is 11.3 Å². The van der Waals surface area contributed by atoms with Crippen LogP contribution in [-0.2, 0) is 0 Å². The lowest BCUT2D eigenvalue weighted by Crippen LogP contribution is -2.64. The highest BCUT2D eigenvalue weighted by Crippen LogP contribution is 2.33. The first kappa shape index (κ1) is 16.5. The molecule has 0 saturated carbocycles. The van der Waals surface area contributed by atoms with Crippen molar-refractivity contribution in [2.45, 2.75) is 6.55 Å². The molecule has 1 heterocycles. The first-order valence-electron chi connectivity index (χ1n) is 9.29. The van der Waals surface area contributed by atoms with Crippen LogP contribution in [0.1, 0.15) is 0 Å². The Kier molecular flexibility index (Phi) is 3.96. The second-order valence-electron chi connectivity index (χ2n) is 7.17. The van der Waals surface area contributed by atoms with E-state index in [1.165, 1.54) is 35.7 Å². The maximum atomic E-state index is 2.48. The molecule has 0 fully saturated rings. The van der Waals surface area contributed by atoms with Crippen LogP contribution >= 0.6 is 11.3 Å². The summed E-state index contributed by atoms with van der Waals surface area (Å²) in [5, 5.41) is 7.14. The second-order valence-corrected chi connectivity index (χ2v) is 12.2. The molecule has 130 valence electrons. The lowest BCUT2D eigenvalue weighted by Gasteiger charge is -2.29. The van der Waals surface area contributed by atoms with Crippen LogP contribution < -0.4 is 15.6 Å². The Balaban J connectivity index is 1.81. The van der Waals surface area contributed by atoms with Gasteiger partial charge in [0.2, 0.25) is 0 Å². The Morgan fingerprint density at radius 3 is 1.74 bits per heavy atom. The van der Waals surface area contributed by atoms with Gasteiger partial charge in [0.25, 0.3) is 0 Å². The fourth-order valence-corrected chi connectivity index (χ4v) is 8.73. The van der Waals surface area contributed by atoms with E-state index in [2.05, 4.69) is 110 Å². The smallest absolute Gasteiger partial charge is 0.135 e. The van der Waals surface area contributed by atoms with E-state index in [9.17, 15) is 0 Å². The van der Waals surface area contributed by atoms with Gasteiger partial charge in [0.1, 0.15) is 8.07 Å². The van der Waals surface area contributed by atoms with Crippen LogP contribution in [0.3, 0.4) is 0 Å². The SMILES string of the molecule is C[Si](c1ccccc1)(c1ccccc1)c1ccc2sc3ccccc3c2c1. The predicted molar refractivity (Wildman–Crippen MR) is 123 cm³/mol. The van der Waals surface area contributed by atoms with Gasteiger partial charge in [0.15, 0.2) is 0 Å². The predicted octanol–water partition coefficient (Wildman–Crippen LogP) is 5.15. The van der Waals surface area contributed by atoms with Crippen molar-refractivity contribution in [2.24, 2.45) is 0 Å². The number of hydrogen-bond acceptors (Lipinski definition) is 1. The number of rotatable bonds is 3. The summed E-state index contributed by atoms with van der Waals surface area (Å²) in [6.07, 6.45) is 0. The van der Waals surface area contributed by atoms with E-state index < -0.39 is 8.07 Å². The summed E-state index contributed by atoms with van der Waals surface area (Å²) in [6.45, 7) is 2.48. The van der Waals surface area contributed by atoms with Crippen molar-refractivity contribution in [3.63, 3.8) is 0 Å². The number of thiophene rings is 1. The first-order chi connectivity index (χ1) is 13.3. The highest BCUT2D eigenvalue weighted by molar-refractivity contribution is 7.26. The van der Waals surface area contributed by atoms with Crippen LogP contribution in [0.2, 0.25) is 6.55 Å². The molecule has 0 radical (unpaired) electrons. The van der Waals surface area contributed by atoms with Crippen molar-refractivity contribution >= 4 is 55.1 Å². The van der Waals surface area contributed by atoms with Crippen LogP contribution in [-0.4, -0.2) is 8.07 Å². The minimum atomic E-state index is -2.05. The Bertz CT molecular complexity index is 1180. The third-order valence-corrected chi connectivity index (χ3v) is 11.2. The van der Waals surface area contributed by atoms with Gasteiger partial charge in [0.05, 0.1) is 0 Å². The molecule has 0 atom stereocenters. The minimum absolute atomic E-state index is 1.37. The maximum absolute atomic E-state index is 2.48. The molecule has 0 aliphatic rings. The zero-order chi connectivity index (χ0) is 18.3. The van der Waals surface area contributed by atoms with E-state index in [0.717, 1.165) is 0 Å². The summed E-state index contributed by atoms with van der Waals surface area (Å²) in [5.74, 6) is 0. The Morgan fingerprint density at radius 1 is 0.519 bits per heavy atom. The molecule has 0 spiro atoms. The van der Waals surface area contributed by atoms with Gasteiger partial charge in [-0.2, -0.15) is 0 Å². The monoisotopic (exact) mass is 380 g/mol. The fourth-order valence-electron chi connectivity index (χ4n) is 4.08. The Hall–Kier alpha value is -2.68. The molecule has 4 aromatic carbocycles. The summed E-state index contributed by atoms with van der Waals surface area (Å²) in [7, 11) is -2.05. The van der Waals surface area contributed by atoms with E-state index in [-0.39, 0.29) is 0 Å². The average Bonchev–Trinajstić information content (AvgIpc) is 3.12. The van der Waals surface area contributed by atoms with Crippen LogP contribution in [0, 0.1) is 0 Å². The van der Waals surface area contributed by atoms with E-state index >= 15 is 0 Å². The summed E-state index contributed by atoms with van der Waals surface area (Å²) in [4.78, 5) is 0. The summed E-state index contributed by atoms with van der Waals surface area (Å²) in [6, 6.07) is 38.0. The molecule has 1 aromatic heterocycles. The van der Waals surface area contributed by atoms with Crippen molar-refractivity contribution in [2.75, 3.05) is 0 Å². The molecule has 0 saturated heterocycles. The quantitative estimate of drug-likeness (QED) is 0.300. The highest BCUT2D eigenvalue weighted by Gasteiger charge is 2.34. The lowest BCUT2D eigenvalue weighted by molar-refractivity contribution is 1.68. The van der Waals surface area contributed by atoms with Crippen LogP contribution in [0.4, 0.5) is 0 Å². The van der Waals surface area contributed by atoms with Gasteiger partial charge in [0, 0.05) is 20.2 Å². The largest absolute Gasteiger partial charge is 0.145 e. The number of benzene rings is 4. The Labute approximate surface area is 164 Å². The third kappa shape index (κ3) is 2.64. The first-order valence-corrected chi connectivity index (χ1v) is 12.6. The molecular weight excluding hydrogens is 360 g/mol. The van der Waals surface area contributed by atoms with Crippen molar-refractivity contribution in [1.82, 2.24) is 0 Å². The summed E-state index contributed by atoms with van der Waals surface area (Å²) >= 11 is 1.89. The molecule has 5 rings (SSSR count). The lowest BCUT2D eigenvalue weighted by atomic mass is 10.1. The molecule has 2 heteroatoms. The molecule has 0 nitrogen and oxygen atoms in total. The summed E-state index contributed by atoms with van der Waals surface area (Å²) < 4.78 is 2.74. The van der Waals surface area contributed by atoms with Gasteiger partial charge >= 0.3 is 0 Å². The molecule has 0 amide bonds. The molecule has 0 bridgehead atoms. The second kappa shape index (κ2) is 6.49. The fraction of sp³-hybridized carbons (Fsp3) is 0.0400. The van der Waals surface area contributed by atoms with Gasteiger partial charge in [-0.15, -0.1) is 11.3 Å². The normalized spacial score (nSPS) is 11.9. The van der Waals surface area contributed by atoms with Gasteiger partial charge in [-0.25, -0.2) is 0 Å². The molecular formula is C25H20SSi. The molecule has 0 unspecified atom stereocenters. The zero-order valence-corrected chi connectivity index (χ0v) is 17.0. The number of fused-ring (bicyclic) bond motifs is 3. The van der Waals surface area contributed by atoms with Crippen molar-refractivity contribution in [1.29, 1.82) is 0 Å². The molecule has 0 aliphatic heterocycles. The van der Waals surface area contributed by atoms with Gasteiger partial charge in [-0.05, 0) is 27.7 Å². The van der Waals surface area contributed by atoms with Crippen molar-refractivity contribution < 1.29 is 0 Å². The average molecular weight is 381 g/mol. The van der Waals surface area contributed by atoms with Gasteiger partial charge in [-0.1, -0.05) is 97.5 Å². The van der Waals surface area contributed by atoms with Crippen molar-refractivity contribution in [3.05, 3.63) is 103 Å². The zero-order valence-electron chi connectivity index (χ0n) is 15.2. The highest BCUT2D eigenvalue weighted by atomic mass is 32.1. The van der Waals surface area contributed by atoms with Gasteiger partial charge in [-0.3, -0.25) is 0 Å². The Morgan fingerprint density at radius 2 is 1.07 bits per heavy atom. The number of hydrogen-bond donors (Lipinski definition) is 0. The maximum Gasteiger partial charge on any atom is 0.145 e. The van der Waals surface area contributed by atoms with Crippen molar-refractivity contribution in [3.8, 4) is 0 Å². The van der Waals surface area contributed by atoms with E-state index in [0.29, 0.717) is 0 Å². The van der Waals surface area contributed by atoms with Crippen LogP contribution in [0.25, 0.3) is 20.2 Å². The standard InChI is InChI=1S/C25H20SSi/c1-27(19-10-4-2-5-11-19,20-12-6-3-7-13-20)21-16-17-25-23(18-21)22-14-8-9-15-24(22)26-25/h2-18H,1H3. The van der Waals surface area contributed by atoms with Crippen LogP contribution in [0.15, 0.2) is 103 Å². The van der Waals surface area contributed by atoms with E-state index in [1.54, 1.807) is 0 Å².